The highest BCUT2D eigenvalue weighted by atomic mass is 32.1. The second kappa shape index (κ2) is 5.86. The van der Waals surface area contributed by atoms with Crippen LogP contribution in [0.15, 0.2) is 45.6 Å². The molecule has 0 fully saturated rings. The summed E-state index contributed by atoms with van der Waals surface area (Å²) in [7, 11) is 0. The Balaban J connectivity index is 1.61. The van der Waals surface area contributed by atoms with E-state index in [1.165, 1.54) is 15.9 Å². The number of nitrogens with one attached hydrogen (secondary N) is 1. The number of amides is 1. The summed E-state index contributed by atoms with van der Waals surface area (Å²) in [5.41, 5.74) is 4.22. The highest BCUT2D eigenvalue weighted by molar-refractivity contribution is 7.22. The highest BCUT2D eigenvalue weighted by Crippen LogP contribution is 2.29. The van der Waals surface area contributed by atoms with Gasteiger partial charge in [0.15, 0.2) is 10.7 Å². The van der Waals surface area contributed by atoms with Crippen molar-refractivity contribution in [2.45, 2.75) is 20.4 Å². The van der Waals surface area contributed by atoms with Crippen LogP contribution in [0.5, 0.6) is 0 Å². The summed E-state index contributed by atoms with van der Waals surface area (Å²) in [4.78, 5) is 28.8. The zero-order valence-corrected chi connectivity index (χ0v) is 14.5. The van der Waals surface area contributed by atoms with E-state index in [4.69, 9.17) is 4.42 Å². The average Bonchev–Trinajstić information content (AvgIpc) is 3.13. The van der Waals surface area contributed by atoms with Crippen molar-refractivity contribution in [3.63, 3.8) is 0 Å². The number of anilines is 1. The van der Waals surface area contributed by atoms with Crippen molar-refractivity contribution in [3.05, 3.63) is 58.1 Å². The van der Waals surface area contributed by atoms with Crippen molar-refractivity contribution < 1.29 is 9.21 Å². The Morgan fingerprint density at radius 3 is 2.88 bits per heavy atom. The second-order valence-electron chi connectivity index (χ2n) is 5.84. The van der Waals surface area contributed by atoms with Gasteiger partial charge in [0.05, 0.1) is 15.7 Å². The summed E-state index contributed by atoms with van der Waals surface area (Å²) in [6, 6.07) is 11.1. The summed E-state index contributed by atoms with van der Waals surface area (Å²) in [5, 5.41) is 3.30. The number of fused-ring (bicyclic) bond motifs is 2. The van der Waals surface area contributed by atoms with E-state index in [0.717, 1.165) is 21.3 Å². The van der Waals surface area contributed by atoms with Gasteiger partial charge in [-0.1, -0.05) is 29.5 Å². The molecule has 1 amide bonds. The Hall–Kier alpha value is -2.93. The summed E-state index contributed by atoms with van der Waals surface area (Å²) in [5.74, 6) is -0.866. The molecule has 0 saturated heterocycles. The Labute approximate surface area is 146 Å². The molecule has 0 radical (unpaired) electrons. The van der Waals surface area contributed by atoms with E-state index >= 15 is 0 Å². The number of carbonyl (C=O) groups excluding carboxylic acids is 1. The molecule has 0 bridgehead atoms. The molecule has 6 nitrogen and oxygen atoms in total. The number of benzene rings is 2. The fraction of sp³-hybridized carbons (Fsp3) is 0.167. The molecule has 0 saturated carbocycles. The van der Waals surface area contributed by atoms with Crippen molar-refractivity contribution in [3.8, 4) is 0 Å². The number of rotatable bonds is 3. The number of hydrogen-bond acceptors (Lipinski definition) is 5. The zero-order valence-electron chi connectivity index (χ0n) is 13.7. The molecule has 0 aliphatic heterocycles. The molecule has 4 aromatic rings. The Morgan fingerprint density at radius 1 is 1.24 bits per heavy atom. The lowest BCUT2D eigenvalue weighted by molar-refractivity contribution is -0.116. The van der Waals surface area contributed by atoms with Gasteiger partial charge < -0.3 is 9.73 Å². The van der Waals surface area contributed by atoms with Crippen LogP contribution >= 0.6 is 11.3 Å². The lowest BCUT2D eigenvalue weighted by atomic mass is 10.1. The van der Waals surface area contributed by atoms with Crippen LogP contribution in [0.1, 0.15) is 11.1 Å². The van der Waals surface area contributed by atoms with Crippen molar-refractivity contribution in [1.29, 1.82) is 0 Å². The first kappa shape index (κ1) is 15.6. The standard InChI is InChI=1S/C18H15N3O3S/c1-10-7-8-14-16(11(10)2)20-17(25-14)19-15(22)9-21-12-5-3-4-6-13(12)24-18(21)23/h3-8H,9H2,1-2H3,(H,19,20,22). The van der Waals surface area contributed by atoms with Crippen molar-refractivity contribution >= 4 is 43.7 Å². The van der Waals surface area contributed by atoms with E-state index in [-0.39, 0.29) is 12.5 Å². The first-order valence-electron chi connectivity index (χ1n) is 7.78. The first-order chi connectivity index (χ1) is 12.0. The van der Waals surface area contributed by atoms with Gasteiger partial charge in [0, 0.05) is 0 Å². The van der Waals surface area contributed by atoms with Crippen LogP contribution in [0.3, 0.4) is 0 Å². The van der Waals surface area contributed by atoms with E-state index in [9.17, 15) is 9.59 Å². The lowest BCUT2D eigenvalue weighted by Crippen LogP contribution is -2.24. The summed E-state index contributed by atoms with van der Waals surface area (Å²) >= 11 is 1.42. The number of para-hydroxylation sites is 2. The Kier molecular flexibility index (Phi) is 3.65. The number of thiazole rings is 1. The van der Waals surface area contributed by atoms with Gasteiger partial charge in [0.1, 0.15) is 6.54 Å². The van der Waals surface area contributed by atoms with Crippen LogP contribution in [0.2, 0.25) is 0 Å². The van der Waals surface area contributed by atoms with E-state index in [1.54, 1.807) is 24.3 Å². The van der Waals surface area contributed by atoms with Gasteiger partial charge in [0.2, 0.25) is 5.91 Å². The molecule has 0 spiro atoms. The molecule has 25 heavy (non-hydrogen) atoms. The molecule has 1 N–H and O–H groups in total. The minimum Gasteiger partial charge on any atom is -0.408 e. The minimum absolute atomic E-state index is 0.121. The van der Waals surface area contributed by atoms with Crippen molar-refractivity contribution in [2.24, 2.45) is 0 Å². The van der Waals surface area contributed by atoms with E-state index in [1.807, 2.05) is 26.0 Å². The molecule has 0 atom stereocenters. The zero-order chi connectivity index (χ0) is 17.6. The molecule has 4 rings (SSSR count). The van der Waals surface area contributed by atoms with E-state index in [0.29, 0.717) is 16.2 Å². The number of nitrogens with zero attached hydrogens (tertiary/aromatic N) is 2. The number of carbonyl (C=O) groups is 1. The number of oxazole rings is 1. The highest BCUT2D eigenvalue weighted by Gasteiger charge is 2.14. The van der Waals surface area contributed by atoms with E-state index in [2.05, 4.69) is 10.3 Å². The lowest BCUT2D eigenvalue weighted by Gasteiger charge is -2.02. The first-order valence-corrected chi connectivity index (χ1v) is 8.59. The molecule has 0 aliphatic rings. The Bertz CT molecular complexity index is 1170. The van der Waals surface area contributed by atoms with Crippen LogP contribution < -0.4 is 11.1 Å². The van der Waals surface area contributed by atoms with E-state index < -0.39 is 5.76 Å². The molecule has 0 aliphatic carbocycles. The average molecular weight is 353 g/mol. The van der Waals surface area contributed by atoms with Crippen LogP contribution in [-0.4, -0.2) is 15.5 Å². The van der Waals surface area contributed by atoms with Crippen LogP contribution in [0.25, 0.3) is 21.3 Å². The topological polar surface area (TPSA) is 77.1 Å². The maximum absolute atomic E-state index is 12.4. The predicted molar refractivity (Wildman–Crippen MR) is 98.2 cm³/mol. The third-order valence-electron chi connectivity index (χ3n) is 4.21. The fourth-order valence-corrected chi connectivity index (χ4v) is 3.69. The second-order valence-corrected chi connectivity index (χ2v) is 6.87. The molecule has 2 aromatic heterocycles. The van der Waals surface area contributed by atoms with Gasteiger partial charge in [-0.3, -0.25) is 9.36 Å². The maximum atomic E-state index is 12.4. The normalized spacial score (nSPS) is 11.3. The predicted octanol–water partition coefficient (Wildman–Crippen LogP) is 3.46. The van der Waals surface area contributed by atoms with Gasteiger partial charge in [-0.2, -0.15) is 0 Å². The van der Waals surface area contributed by atoms with Gasteiger partial charge in [-0.25, -0.2) is 9.78 Å². The van der Waals surface area contributed by atoms with Crippen molar-refractivity contribution in [1.82, 2.24) is 9.55 Å². The van der Waals surface area contributed by atoms with Gasteiger partial charge in [-0.05, 0) is 43.2 Å². The van der Waals surface area contributed by atoms with Crippen LogP contribution in [-0.2, 0) is 11.3 Å². The molecule has 2 aromatic carbocycles. The summed E-state index contributed by atoms with van der Waals surface area (Å²) < 4.78 is 7.47. The summed E-state index contributed by atoms with van der Waals surface area (Å²) in [6.07, 6.45) is 0. The smallest absolute Gasteiger partial charge is 0.408 e. The van der Waals surface area contributed by atoms with Gasteiger partial charge >= 0.3 is 5.76 Å². The molecular formula is C18H15N3O3S. The third-order valence-corrected chi connectivity index (χ3v) is 5.14. The third kappa shape index (κ3) is 2.72. The van der Waals surface area contributed by atoms with Crippen molar-refractivity contribution in [2.75, 3.05) is 5.32 Å². The fourth-order valence-electron chi connectivity index (χ4n) is 2.75. The molecule has 126 valence electrons. The number of aryl methyl sites for hydroxylation is 2. The van der Waals surface area contributed by atoms with Crippen LogP contribution in [0.4, 0.5) is 5.13 Å². The maximum Gasteiger partial charge on any atom is 0.420 e. The van der Waals surface area contributed by atoms with Gasteiger partial charge in [0.25, 0.3) is 0 Å². The molecular weight excluding hydrogens is 338 g/mol. The summed E-state index contributed by atoms with van der Waals surface area (Å²) in [6.45, 7) is 3.92. The molecule has 0 unspecified atom stereocenters. The number of aromatic nitrogens is 2. The molecule has 7 heteroatoms. The quantitative estimate of drug-likeness (QED) is 0.612. The van der Waals surface area contributed by atoms with Crippen LogP contribution in [0, 0.1) is 13.8 Å². The number of hydrogen-bond donors (Lipinski definition) is 1. The Morgan fingerprint density at radius 2 is 2.04 bits per heavy atom. The minimum atomic E-state index is -0.549. The SMILES string of the molecule is Cc1ccc2sc(NC(=O)Cn3c(=O)oc4ccccc43)nc2c1C. The molecule has 2 heterocycles. The van der Waals surface area contributed by atoms with Gasteiger partial charge in [-0.15, -0.1) is 0 Å². The largest absolute Gasteiger partial charge is 0.420 e. The monoisotopic (exact) mass is 353 g/mol.